The van der Waals surface area contributed by atoms with Gasteiger partial charge in [0, 0.05) is 25.3 Å². The van der Waals surface area contributed by atoms with Crippen LogP contribution >= 0.6 is 0 Å². The number of pyridine rings is 1. The Bertz CT molecular complexity index is 1170. The first kappa shape index (κ1) is 26.0. The van der Waals surface area contributed by atoms with Crippen molar-refractivity contribution < 1.29 is 23.2 Å². The molecule has 1 saturated carbocycles. The first-order valence-corrected chi connectivity index (χ1v) is 13.6. The quantitative estimate of drug-likeness (QED) is 0.326. The fourth-order valence-electron chi connectivity index (χ4n) is 4.69. The summed E-state index contributed by atoms with van der Waals surface area (Å²) in [6.07, 6.45) is 6.07. The molecule has 13 nitrogen and oxygen atoms in total. The highest BCUT2D eigenvalue weighted by Crippen LogP contribution is 2.32. The summed E-state index contributed by atoms with van der Waals surface area (Å²) >= 11 is 0. The van der Waals surface area contributed by atoms with Crippen molar-refractivity contribution in [2.24, 2.45) is 5.92 Å². The Morgan fingerprint density at radius 1 is 1.25 bits per heavy atom. The average Bonchev–Trinajstić information content (AvgIpc) is 2.85. The van der Waals surface area contributed by atoms with E-state index in [1.165, 1.54) is 11.4 Å². The minimum Gasteiger partial charge on any atom is -0.480 e. The van der Waals surface area contributed by atoms with Crippen LogP contribution in [0.15, 0.2) is 24.5 Å². The zero-order valence-corrected chi connectivity index (χ0v) is 20.9. The molecule has 2 aliphatic rings. The van der Waals surface area contributed by atoms with E-state index < -0.39 is 21.1 Å². The largest absolute Gasteiger partial charge is 0.480 e. The standard InChI is InChI=1S/C22H31N7O6S/c1-35-21-18(5-2-10-23-21)26-22-24-12-19(29(31)32)20(27-22)25-16-8-6-15(7-9-16)14-36(33,34)28-11-3-4-17(30)13-28/h2,5,10,12,15-17,30H,3-4,6-9,11,13-14H2,1H3,(H2,24,25,26,27)/t15-,16-,17?. The van der Waals surface area contributed by atoms with E-state index in [1.54, 1.807) is 18.3 Å². The van der Waals surface area contributed by atoms with Crippen LogP contribution in [0.1, 0.15) is 38.5 Å². The fraction of sp³-hybridized carbons (Fsp3) is 0.591. The third kappa shape index (κ3) is 6.36. The molecule has 2 fully saturated rings. The number of sulfonamides is 1. The molecule has 0 bridgehead atoms. The second-order valence-corrected chi connectivity index (χ2v) is 11.2. The molecule has 1 unspecified atom stereocenters. The molecular formula is C22H31N7O6S. The lowest BCUT2D eigenvalue weighted by atomic mass is 9.87. The van der Waals surface area contributed by atoms with Crippen LogP contribution in [0.25, 0.3) is 0 Å². The van der Waals surface area contributed by atoms with E-state index in [4.69, 9.17) is 4.74 Å². The Balaban J connectivity index is 1.39. The van der Waals surface area contributed by atoms with Crippen LogP contribution in [0.4, 0.5) is 23.1 Å². The Labute approximate surface area is 209 Å². The van der Waals surface area contributed by atoms with Crippen LogP contribution < -0.4 is 15.4 Å². The van der Waals surface area contributed by atoms with Crippen molar-refractivity contribution in [3.05, 3.63) is 34.6 Å². The van der Waals surface area contributed by atoms with E-state index in [-0.39, 0.29) is 41.7 Å². The molecule has 1 aliphatic heterocycles. The number of hydrogen-bond donors (Lipinski definition) is 3. The van der Waals surface area contributed by atoms with Gasteiger partial charge in [0.05, 0.1) is 23.9 Å². The van der Waals surface area contributed by atoms with Crippen molar-refractivity contribution >= 4 is 33.2 Å². The fourth-order valence-corrected chi connectivity index (χ4v) is 6.63. The molecule has 0 spiro atoms. The number of aliphatic hydroxyl groups is 1. The number of aromatic nitrogens is 3. The second kappa shape index (κ2) is 11.3. The van der Waals surface area contributed by atoms with Crippen LogP contribution in [0.3, 0.4) is 0 Å². The SMILES string of the molecule is COc1ncccc1Nc1ncc([N+](=O)[O-])c(N[C@H]2CC[C@H](CS(=O)(=O)N3CCCC(O)C3)CC2)n1. The number of nitro groups is 1. The Morgan fingerprint density at radius 3 is 2.72 bits per heavy atom. The maximum Gasteiger partial charge on any atom is 0.329 e. The molecule has 2 aromatic rings. The summed E-state index contributed by atoms with van der Waals surface area (Å²) in [6, 6.07) is 3.35. The van der Waals surface area contributed by atoms with Crippen LogP contribution in [0.2, 0.25) is 0 Å². The van der Waals surface area contributed by atoms with Gasteiger partial charge in [-0.05, 0) is 56.6 Å². The Hall–Kier alpha value is -3.10. The predicted octanol–water partition coefficient (Wildman–Crippen LogP) is 2.29. The molecule has 0 radical (unpaired) electrons. The lowest BCUT2D eigenvalue weighted by Gasteiger charge is -2.33. The smallest absolute Gasteiger partial charge is 0.329 e. The number of rotatable bonds is 9. The van der Waals surface area contributed by atoms with Crippen LogP contribution in [-0.2, 0) is 10.0 Å². The highest BCUT2D eigenvalue weighted by atomic mass is 32.2. The van der Waals surface area contributed by atoms with E-state index >= 15 is 0 Å². The van der Waals surface area contributed by atoms with Crippen molar-refractivity contribution in [1.29, 1.82) is 0 Å². The number of β-amino-alcohol motifs (C(OH)–C–C–N with tert-alkyl or cyclic N) is 1. The topological polar surface area (TPSA) is 173 Å². The van der Waals surface area contributed by atoms with Gasteiger partial charge in [-0.3, -0.25) is 10.1 Å². The summed E-state index contributed by atoms with van der Waals surface area (Å²) in [7, 11) is -1.95. The number of methoxy groups -OCH3 is 1. The first-order chi connectivity index (χ1) is 17.2. The summed E-state index contributed by atoms with van der Waals surface area (Å²) in [5, 5.41) is 27.5. The summed E-state index contributed by atoms with van der Waals surface area (Å²) in [4.78, 5) is 23.5. The van der Waals surface area contributed by atoms with E-state index in [9.17, 15) is 23.6 Å². The van der Waals surface area contributed by atoms with Crippen molar-refractivity contribution in [3.63, 3.8) is 0 Å². The molecular weight excluding hydrogens is 490 g/mol. The number of nitrogens with zero attached hydrogens (tertiary/aromatic N) is 5. The third-order valence-corrected chi connectivity index (χ3v) is 8.57. The maximum atomic E-state index is 12.8. The maximum absolute atomic E-state index is 12.8. The minimum absolute atomic E-state index is 0.00257. The summed E-state index contributed by atoms with van der Waals surface area (Å²) in [5.41, 5.74) is 0.273. The van der Waals surface area contributed by atoms with Crippen molar-refractivity contribution in [2.75, 3.05) is 36.6 Å². The van der Waals surface area contributed by atoms with Crippen molar-refractivity contribution in [1.82, 2.24) is 19.3 Å². The van der Waals surface area contributed by atoms with Gasteiger partial charge in [-0.1, -0.05) is 0 Å². The number of hydrogen-bond acceptors (Lipinski definition) is 11. The molecule has 196 valence electrons. The number of piperidine rings is 1. The number of aliphatic hydroxyl groups excluding tert-OH is 1. The van der Waals surface area contributed by atoms with E-state index in [0.717, 1.165) is 6.20 Å². The molecule has 3 N–H and O–H groups in total. The second-order valence-electron chi connectivity index (χ2n) is 9.16. The van der Waals surface area contributed by atoms with Crippen LogP contribution in [-0.4, -0.2) is 75.8 Å². The van der Waals surface area contributed by atoms with Crippen molar-refractivity contribution in [2.45, 2.75) is 50.7 Å². The predicted molar refractivity (Wildman–Crippen MR) is 133 cm³/mol. The van der Waals surface area contributed by atoms with Gasteiger partial charge in [-0.2, -0.15) is 9.29 Å². The van der Waals surface area contributed by atoms with Crippen molar-refractivity contribution in [3.8, 4) is 5.88 Å². The number of ether oxygens (including phenoxy) is 1. The van der Waals surface area contributed by atoms with Gasteiger partial charge in [0.2, 0.25) is 27.7 Å². The summed E-state index contributed by atoms with van der Waals surface area (Å²) in [6.45, 7) is 0.618. The summed E-state index contributed by atoms with van der Waals surface area (Å²) in [5.74, 6) is 0.641. The Morgan fingerprint density at radius 2 is 2.03 bits per heavy atom. The molecule has 14 heteroatoms. The van der Waals surface area contributed by atoms with Gasteiger partial charge in [0.15, 0.2) is 0 Å². The highest BCUT2D eigenvalue weighted by molar-refractivity contribution is 7.89. The average molecular weight is 522 g/mol. The first-order valence-electron chi connectivity index (χ1n) is 11.9. The molecule has 1 atom stereocenters. The molecule has 4 rings (SSSR count). The molecule has 1 saturated heterocycles. The van der Waals surface area contributed by atoms with Gasteiger partial charge in [0.1, 0.15) is 11.9 Å². The lowest BCUT2D eigenvalue weighted by Crippen LogP contribution is -2.44. The Kier molecular flexibility index (Phi) is 8.16. The van der Waals surface area contributed by atoms with Gasteiger partial charge in [-0.25, -0.2) is 18.4 Å². The normalized spacial score (nSPS) is 23.1. The molecule has 0 aromatic carbocycles. The van der Waals surface area contributed by atoms with Gasteiger partial charge < -0.3 is 20.5 Å². The highest BCUT2D eigenvalue weighted by Gasteiger charge is 2.32. The summed E-state index contributed by atoms with van der Waals surface area (Å²) < 4.78 is 32.2. The van der Waals surface area contributed by atoms with Gasteiger partial charge >= 0.3 is 5.69 Å². The van der Waals surface area contributed by atoms with Gasteiger partial charge in [-0.15, -0.1) is 0 Å². The third-order valence-electron chi connectivity index (χ3n) is 6.56. The molecule has 3 heterocycles. The number of anilines is 3. The lowest BCUT2D eigenvalue weighted by molar-refractivity contribution is -0.384. The van der Waals surface area contributed by atoms with E-state index in [2.05, 4.69) is 25.6 Å². The monoisotopic (exact) mass is 521 g/mol. The molecule has 0 amide bonds. The zero-order valence-electron chi connectivity index (χ0n) is 20.0. The molecule has 1 aliphatic carbocycles. The van der Waals surface area contributed by atoms with E-state index in [1.807, 2.05) is 0 Å². The van der Waals surface area contributed by atoms with Crippen LogP contribution in [0, 0.1) is 16.0 Å². The van der Waals surface area contributed by atoms with E-state index in [0.29, 0.717) is 56.6 Å². The van der Waals surface area contributed by atoms with Gasteiger partial charge in [0.25, 0.3) is 0 Å². The zero-order chi connectivity index (χ0) is 25.7. The number of nitrogens with one attached hydrogen (secondary N) is 2. The molecule has 2 aromatic heterocycles. The molecule has 36 heavy (non-hydrogen) atoms. The van der Waals surface area contributed by atoms with Crippen LogP contribution in [0.5, 0.6) is 5.88 Å². The minimum atomic E-state index is -3.43.